The summed E-state index contributed by atoms with van der Waals surface area (Å²) >= 11 is 0. The summed E-state index contributed by atoms with van der Waals surface area (Å²) in [6.45, 7) is 0. The molecule has 0 spiro atoms. The molecule has 0 radical (unpaired) electrons. The average molecular weight is 237 g/mol. The van der Waals surface area contributed by atoms with Crippen LogP contribution in [0.25, 0.3) is 0 Å². The zero-order valence-electron chi connectivity index (χ0n) is 9.61. The third kappa shape index (κ3) is 4.27. The second kappa shape index (κ2) is 6.69. The molecule has 0 aromatic rings. The topological polar surface area (TPSA) is 63.7 Å². The maximum atomic E-state index is 11.3. The Hall–Kier alpha value is -1.83. The minimum Gasteiger partial charge on any atom is -0.330 e. The summed E-state index contributed by atoms with van der Waals surface area (Å²) in [5, 5.41) is 0.573. The van der Waals surface area contributed by atoms with Gasteiger partial charge in [0.2, 0.25) is 0 Å². The zero-order valence-corrected chi connectivity index (χ0v) is 9.61. The van der Waals surface area contributed by atoms with E-state index in [4.69, 9.17) is 11.3 Å². The van der Waals surface area contributed by atoms with Gasteiger partial charge in [-0.3, -0.25) is 9.59 Å². The number of carbonyl (C=O) groups excluding carboxylic acids is 3. The standard InChI is InChI=1S/C12H15NO4/c1-2-3-4-5-6-7-12(16)17-13-10(14)8-9-11(13)15/h1H,3-9H2. The van der Waals surface area contributed by atoms with E-state index in [0.717, 1.165) is 12.8 Å². The van der Waals surface area contributed by atoms with Crippen molar-refractivity contribution in [1.82, 2.24) is 5.06 Å². The highest BCUT2D eigenvalue weighted by atomic mass is 16.7. The van der Waals surface area contributed by atoms with E-state index in [1.807, 2.05) is 0 Å². The van der Waals surface area contributed by atoms with Crippen molar-refractivity contribution in [3.63, 3.8) is 0 Å². The van der Waals surface area contributed by atoms with Gasteiger partial charge in [-0.2, -0.15) is 0 Å². The van der Waals surface area contributed by atoms with Gasteiger partial charge in [0.05, 0.1) is 0 Å². The monoisotopic (exact) mass is 237 g/mol. The van der Waals surface area contributed by atoms with Gasteiger partial charge < -0.3 is 4.84 Å². The molecule has 0 N–H and O–H groups in total. The summed E-state index contributed by atoms with van der Waals surface area (Å²) in [7, 11) is 0. The van der Waals surface area contributed by atoms with E-state index in [1.165, 1.54) is 0 Å². The first kappa shape index (κ1) is 13.2. The van der Waals surface area contributed by atoms with Crippen molar-refractivity contribution in [1.29, 1.82) is 0 Å². The van der Waals surface area contributed by atoms with Crippen LogP contribution in [0.4, 0.5) is 0 Å². The lowest BCUT2D eigenvalue weighted by Crippen LogP contribution is -2.31. The van der Waals surface area contributed by atoms with Gasteiger partial charge in [-0.25, -0.2) is 4.79 Å². The summed E-state index contributed by atoms with van der Waals surface area (Å²) in [4.78, 5) is 38.3. The molecule has 0 aromatic heterocycles. The third-order valence-corrected chi connectivity index (χ3v) is 2.40. The maximum Gasteiger partial charge on any atom is 0.333 e. The van der Waals surface area contributed by atoms with Crippen LogP contribution in [0.15, 0.2) is 0 Å². The molecule has 1 saturated heterocycles. The fourth-order valence-electron chi connectivity index (χ4n) is 1.48. The molecule has 0 aromatic carbocycles. The highest BCUT2D eigenvalue weighted by molar-refractivity contribution is 6.01. The molecule has 1 rings (SSSR count). The first-order valence-electron chi connectivity index (χ1n) is 5.65. The van der Waals surface area contributed by atoms with Gasteiger partial charge in [0.25, 0.3) is 11.8 Å². The molecule has 0 aliphatic carbocycles. The number of nitrogens with zero attached hydrogens (tertiary/aromatic N) is 1. The Morgan fingerprint density at radius 2 is 1.88 bits per heavy atom. The van der Waals surface area contributed by atoms with Crippen LogP contribution >= 0.6 is 0 Å². The average Bonchev–Trinajstić information content (AvgIpc) is 2.60. The van der Waals surface area contributed by atoms with Gasteiger partial charge in [-0.15, -0.1) is 17.4 Å². The predicted molar refractivity (Wildman–Crippen MR) is 59.1 cm³/mol. The van der Waals surface area contributed by atoms with Crippen LogP contribution in [0.5, 0.6) is 0 Å². The molecule has 5 heteroatoms. The van der Waals surface area contributed by atoms with Gasteiger partial charge in [0, 0.05) is 25.7 Å². The Balaban J connectivity index is 2.19. The molecular formula is C12H15NO4. The van der Waals surface area contributed by atoms with Crippen LogP contribution in [-0.4, -0.2) is 22.8 Å². The fraction of sp³-hybridized carbons (Fsp3) is 0.583. The highest BCUT2D eigenvalue weighted by Gasteiger charge is 2.32. The Kier molecular flexibility index (Phi) is 5.21. The number of unbranched alkanes of at least 4 members (excludes halogenated alkanes) is 3. The van der Waals surface area contributed by atoms with Crippen LogP contribution < -0.4 is 0 Å². The number of hydrogen-bond donors (Lipinski definition) is 0. The molecule has 0 unspecified atom stereocenters. The Labute approximate surface area is 100 Å². The van der Waals surface area contributed by atoms with E-state index in [0.29, 0.717) is 17.9 Å². The van der Waals surface area contributed by atoms with Crippen molar-refractivity contribution in [2.75, 3.05) is 0 Å². The van der Waals surface area contributed by atoms with Gasteiger partial charge in [0.1, 0.15) is 0 Å². The normalized spacial score (nSPS) is 14.9. The third-order valence-electron chi connectivity index (χ3n) is 2.40. The largest absolute Gasteiger partial charge is 0.333 e. The lowest BCUT2D eigenvalue weighted by atomic mass is 10.1. The van der Waals surface area contributed by atoms with E-state index < -0.39 is 17.8 Å². The van der Waals surface area contributed by atoms with Crippen molar-refractivity contribution in [2.45, 2.75) is 44.9 Å². The summed E-state index contributed by atoms with van der Waals surface area (Å²) in [5.74, 6) is 1.07. The summed E-state index contributed by atoms with van der Waals surface area (Å²) in [5.41, 5.74) is 0. The number of rotatable bonds is 6. The van der Waals surface area contributed by atoms with Crippen LogP contribution in [0.3, 0.4) is 0 Å². The van der Waals surface area contributed by atoms with Crippen molar-refractivity contribution in [3.8, 4) is 12.3 Å². The Morgan fingerprint density at radius 1 is 1.24 bits per heavy atom. The highest BCUT2D eigenvalue weighted by Crippen LogP contribution is 2.13. The van der Waals surface area contributed by atoms with Crippen molar-refractivity contribution in [2.24, 2.45) is 0 Å². The summed E-state index contributed by atoms with van der Waals surface area (Å²) in [6.07, 6.45) is 8.56. The molecular weight excluding hydrogens is 222 g/mol. The Bertz CT molecular complexity index is 340. The van der Waals surface area contributed by atoms with E-state index in [1.54, 1.807) is 0 Å². The minimum absolute atomic E-state index is 0.119. The lowest BCUT2D eigenvalue weighted by Gasteiger charge is -2.12. The molecule has 2 amide bonds. The van der Waals surface area contributed by atoms with Crippen molar-refractivity contribution < 1.29 is 19.2 Å². The van der Waals surface area contributed by atoms with Crippen LogP contribution in [0.2, 0.25) is 0 Å². The smallest absolute Gasteiger partial charge is 0.330 e. The number of imide groups is 1. The van der Waals surface area contributed by atoms with Gasteiger partial charge in [-0.1, -0.05) is 6.42 Å². The number of hydrogen-bond acceptors (Lipinski definition) is 4. The predicted octanol–water partition coefficient (Wildman–Crippen LogP) is 1.18. The Morgan fingerprint density at radius 3 is 2.47 bits per heavy atom. The SMILES string of the molecule is C#CCCCCCC(=O)ON1C(=O)CCC1=O. The molecule has 1 fully saturated rings. The quantitative estimate of drug-likeness (QED) is 0.395. The summed E-state index contributed by atoms with van der Waals surface area (Å²) in [6, 6.07) is 0. The first-order chi connectivity index (χ1) is 8.15. The molecule has 0 saturated carbocycles. The minimum atomic E-state index is -0.547. The van der Waals surface area contributed by atoms with Crippen molar-refractivity contribution >= 4 is 17.8 Å². The zero-order chi connectivity index (χ0) is 12.7. The van der Waals surface area contributed by atoms with Gasteiger partial charge in [-0.05, 0) is 12.8 Å². The van der Waals surface area contributed by atoms with Crippen LogP contribution in [-0.2, 0) is 19.2 Å². The first-order valence-corrected chi connectivity index (χ1v) is 5.65. The molecule has 17 heavy (non-hydrogen) atoms. The fourth-order valence-corrected chi connectivity index (χ4v) is 1.48. The maximum absolute atomic E-state index is 11.3. The van der Waals surface area contributed by atoms with Gasteiger partial charge in [0.15, 0.2) is 0 Å². The molecule has 1 aliphatic heterocycles. The molecule has 0 atom stereocenters. The summed E-state index contributed by atoms with van der Waals surface area (Å²) < 4.78 is 0. The molecule has 1 heterocycles. The number of carbonyl (C=O) groups is 3. The molecule has 5 nitrogen and oxygen atoms in total. The van der Waals surface area contributed by atoms with Gasteiger partial charge >= 0.3 is 5.97 Å². The number of terminal acetylenes is 1. The number of amides is 2. The van der Waals surface area contributed by atoms with E-state index in [-0.39, 0.29) is 19.3 Å². The molecule has 0 bridgehead atoms. The van der Waals surface area contributed by atoms with Crippen LogP contribution in [0, 0.1) is 12.3 Å². The molecule has 92 valence electrons. The molecule has 1 aliphatic rings. The van der Waals surface area contributed by atoms with Crippen LogP contribution in [0.1, 0.15) is 44.9 Å². The second-order valence-electron chi connectivity index (χ2n) is 3.81. The van der Waals surface area contributed by atoms with E-state index >= 15 is 0 Å². The van der Waals surface area contributed by atoms with E-state index in [2.05, 4.69) is 5.92 Å². The van der Waals surface area contributed by atoms with E-state index in [9.17, 15) is 14.4 Å². The lowest BCUT2D eigenvalue weighted by molar-refractivity contribution is -0.197. The van der Waals surface area contributed by atoms with Crippen molar-refractivity contribution in [3.05, 3.63) is 0 Å². The second-order valence-corrected chi connectivity index (χ2v) is 3.81. The number of hydroxylamine groups is 2.